The molecule has 0 unspecified atom stereocenters. The van der Waals surface area contributed by atoms with Crippen molar-refractivity contribution in [2.24, 2.45) is 16.6 Å². The lowest BCUT2D eigenvalue weighted by Gasteiger charge is -2.08. The predicted molar refractivity (Wildman–Crippen MR) is 89.8 cm³/mol. The van der Waals surface area contributed by atoms with Crippen molar-refractivity contribution in [3.63, 3.8) is 0 Å². The van der Waals surface area contributed by atoms with Gasteiger partial charge in [-0.3, -0.25) is 0 Å². The summed E-state index contributed by atoms with van der Waals surface area (Å²) in [4.78, 5) is 4.28. The Kier molecular flexibility index (Phi) is 8.35. The standard InChI is InChI=1S/C13H20ClN3.HI/c1-9(2)7-16-13(15)17-8-11-4-5-12(14)10(3)6-11;/h4-6,9H,7-8H2,1-3H3,(H3,15,16,17);1H. The predicted octanol–water partition coefficient (Wildman–Crippen LogP) is 3.33. The minimum Gasteiger partial charge on any atom is -0.370 e. The molecule has 0 fully saturated rings. The lowest BCUT2D eigenvalue weighted by molar-refractivity contribution is 0.622. The second-order valence-corrected chi connectivity index (χ2v) is 4.97. The Bertz CT molecular complexity index is 405. The Morgan fingerprint density at radius 3 is 2.67 bits per heavy atom. The highest BCUT2D eigenvalue weighted by Gasteiger charge is 1.98. The van der Waals surface area contributed by atoms with Crippen molar-refractivity contribution in [1.29, 1.82) is 0 Å². The van der Waals surface area contributed by atoms with Crippen LogP contribution in [0, 0.1) is 12.8 Å². The topological polar surface area (TPSA) is 50.4 Å². The van der Waals surface area contributed by atoms with Crippen molar-refractivity contribution in [3.05, 3.63) is 34.3 Å². The van der Waals surface area contributed by atoms with Crippen molar-refractivity contribution < 1.29 is 0 Å². The van der Waals surface area contributed by atoms with Crippen LogP contribution in [0.3, 0.4) is 0 Å². The first-order valence-electron chi connectivity index (χ1n) is 5.78. The van der Waals surface area contributed by atoms with Gasteiger partial charge in [0.25, 0.3) is 0 Å². The molecule has 3 N–H and O–H groups in total. The first kappa shape index (κ1) is 17.5. The van der Waals surface area contributed by atoms with E-state index < -0.39 is 0 Å². The number of rotatable bonds is 4. The van der Waals surface area contributed by atoms with E-state index in [9.17, 15) is 0 Å². The molecule has 0 heterocycles. The van der Waals surface area contributed by atoms with Crippen LogP contribution in [0.2, 0.25) is 5.02 Å². The minimum atomic E-state index is 0. The van der Waals surface area contributed by atoms with Gasteiger partial charge in [-0.05, 0) is 30.0 Å². The number of benzene rings is 1. The van der Waals surface area contributed by atoms with E-state index in [2.05, 4.69) is 24.2 Å². The van der Waals surface area contributed by atoms with E-state index in [-0.39, 0.29) is 24.0 Å². The first-order valence-corrected chi connectivity index (χ1v) is 6.15. The van der Waals surface area contributed by atoms with Gasteiger partial charge in [-0.15, -0.1) is 24.0 Å². The summed E-state index contributed by atoms with van der Waals surface area (Å²) in [6.45, 7) is 7.66. The van der Waals surface area contributed by atoms with Crippen molar-refractivity contribution in [1.82, 2.24) is 5.32 Å². The highest BCUT2D eigenvalue weighted by molar-refractivity contribution is 14.0. The van der Waals surface area contributed by atoms with Gasteiger partial charge in [-0.1, -0.05) is 37.6 Å². The number of aryl methyl sites for hydroxylation is 1. The zero-order valence-corrected chi connectivity index (χ0v) is 14.1. The summed E-state index contributed by atoms with van der Waals surface area (Å²) in [5, 5.41) is 3.86. The lowest BCUT2D eigenvalue weighted by atomic mass is 10.1. The molecule has 0 aromatic heterocycles. The van der Waals surface area contributed by atoms with Crippen LogP contribution >= 0.6 is 35.6 Å². The van der Waals surface area contributed by atoms with Gasteiger partial charge >= 0.3 is 0 Å². The smallest absolute Gasteiger partial charge is 0.188 e. The number of guanidine groups is 1. The van der Waals surface area contributed by atoms with Crippen molar-refractivity contribution >= 4 is 41.5 Å². The van der Waals surface area contributed by atoms with Crippen LogP contribution in [-0.2, 0) is 6.54 Å². The second-order valence-electron chi connectivity index (χ2n) is 4.56. The van der Waals surface area contributed by atoms with Crippen LogP contribution in [0.5, 0.6) is 0 Å². The molecule has 1 aromatic rings. The quantitative estimate of drug-likeness (QED) is 0.477. The summed E-state index contributed by atoms with van der Waals surface area (Å²) in [7, 11) is 0. The van der Waals surface area contributed by atoms with Gasteiger partial charge in [-0.2, -0.15) is 0 Å². The van der Waals surface area contributed by atoms with E-state index in [1.807, 2.05) is 25.1 Å². The molecule has 5 heteroatoms. The summed E-state index contributed by atoms with van der Waals surface area (Å²) in [6, 6.07) is 5.88. The third kappa shape index (κ3) is 6.44. The zero-order valence-electron chi connectivity index (χ0n) is 11.0. The maximum Gasteiger partial charge on any atom is 0.188 e. The number of nitrogens with zero attached hydrogens (tertiary/aromatic N) is 1. The SMILES string of the molecule is Cc1cc(CN=C(N)NCC(C)C)ccc1Cl.I. The van der Waals surface area contributed by atoms with Gasteiger partial charge in [0.05, 0.1) is 6.54 Å². The molecule has 0 aliphatic rings. The molecule has 102 valence electrons. The number of hydrogen-bond acceptors (Lipinski definition) is 1. The first-order chi connectivity index (χ1) is 7.99. The van der Waals surface area contributed by atoms with Crippen LogP contribution in [0.4, 0.5) is 0 Å². The molecule has 0 aliphatic heterocycles. The highest BCUT2D eigenvalue weighted by Crippen LogP contribution is 2.16. The molecular weight excluding hydrogens is 361 g/mol. The third-order valence-corrected chi connectivity index (χ3v) is 2.77. The molecule has 1 rings (SSSR count). The molecule has 0 saturated carbocycles. The monoisotopic (exact) mass is 381 g/mol. The molecule has 0 saturated heterocycles. The van der Waals surface area contributed by atoms with Crippen LogP contribution in [-0.4, -0.2) is 12.5 Å². The van der Waals surface area contributed by atoms with Gasteiger partial charge in [0.1, 0.15) is 0 Å². The molecule has 0 aliphatic carbocycles. The normalized spacial score (nSPS) is 11.3. The molecule has 0 spiro atoms. The Labute approximate surface area is 131 Å². The summed E-state index contributed by atoms with van der Waals surface area (Å²) >= 11 is 5.96. The Hall–Kier alpha value is -0.490. The van der Waals surface area contributed by atoms with Crippen LogP contribution in [0.25, 0.3) is 0 Å². The van der Waals surface area contributed by atoms with Crippen LogP contribution in [0.15, 0.2) is 23.2 Å². The Morgan fingerprint density at radius 2 is 2.11 bits per heavy atom. The zero-order chi connectivity index (χ0) is 12.8. The van der Waals surface area contributed by atoms with Gasteiger partial charge in [0, 0.05) is 11.6 Å². The minimum absolute atomic E-state index is 0. The molecule has 0 atom stereocenters. The van der Waals surface area contributed by atoms with E-state index in [1.54, 1.807) is 0 Å². The van der Waals surface area contributed by atoms with Crippen molar-refractivity contribution in [2.45, 2.75) is 27.3 Å². The van der Waals surface area contributed by atoms with Gasteiger partial charge in [-0.25, -0.2) is 4.99 Å². The average Bonchev–Trinajstić information content (AvgIpc) is 2.28. The average molecular weight is 382 g/mol. The van der Waals surface area contributed by atoms with Crippen molar-refractivity contribution in [2.75, 3.05) is 6.54 Å². The molecule has 0 bridgehead atoms. The number of aliphatic imine (C=N–C) groups is 1. The summed E-state index contributed by atoms with van der Waals surface area (Å²) in [5.74, 6) is 1.05. The summed E-state index contributed by atoms with van der Waals surface area (Å²) < 4.78 is 0. The maximum atomic E-state index is 5.96. The summed E-state index contributed by atoms with van der Waals surface area (Å²) in [6.07, 6.45) is 0. The van der Waals surface area contributed by atoms with Gasteiger partial charge in [0.2, 0.25) is 0 Å². The number of halogens is 2. The Balaban J connectivity index is 0.00000289. The van der Waals surface area contributed by atoms with E-state index >= 15 is 0 Å². The van der Waals surface area contributed by atoms with E-state index in [0.717, 1.165) is 22.7 Å². The fourth-order valence-electron chi connectivity index (χ4n) is 1.35. The Morgan fingerprint density at radius 1 is 1.44 bits per heavy atom. The van der Waals surface area contributed by atoms with E-state index in [4.69, 9.17) is 17.3 Å². The molecule has 18 heavy (non-hydrogen) atoms. The number of nitrogens with two attached hydrogens (primary N) is 1. The van der Waals surface area contributed by atoms with Crippen molar-refractivity contribution in [3.8, 4) is 0 Å². The van der Waals surface area contributed by atoms with Crippen LogP contribution in [0.1, 0.15) is 25.0 Å². The lowest BCUT2D eigenvalue weighted by Crippen LogP contribution is -2.34. The fourth-order valence-corrected chi connectivity index (χ4v) is 1.46. The maximum absolute atomic E-state index is 5.96. The summed E-state index contributed by atoms with van der Waals surface area (Å²) in [5.41, 5.74) is 7.93. The largest absolute Gasteiger partial charge is 0.370 e. The highest BCUT2D eigenvalue weighted by atomic mass is 127. The van der Waals surface area contributed by atoms with Crippen LogP contribution < -0.4 is 11.1 Å². The van der Waals surface area contributed by atoms with Gasteiger partial charge < -0.3 is 11.1 Å². The van der Waals surface area contributed by atoms with E-state index in [0.29, 0.717) is 18.4 Å². The molecule has 3 nitrogen and oxygen atoms in total. The van der Waals surface area contributed by atoms with Gasteiger partial charge in [0.15, 0.2) is 5.96 Å². The second kappa shape index (κ2) is 8.58. The molecule has 0 radical (unpaired) electrons. The number of hydrogen-bond donors (Lipinski definition) is 2. The molecule has 1 aromatic carbocycles. The fraction of sp³-hybridized carbons (Fsp3) is 0.462. The van der Waals surface area contributed by atoms with E-state index in [1.165, 1.54) is 0 Å². The third-order valence-electron chi connectivity index (χ3n) is 2.35. The molecule has 0 amide bonds. The molecular formula is C13H21ClIN3. The number of nitrogens with one attached hydrogen (secondary N) is 1.